The van der Waals surface area contributed by atoms with E-state index in [0.29, 0.717) is 18.1 Å². The lowest BCUT2D eigenvalue weighted by Crippen LogP contribution is -2.26. The number of aromatic nitrogens is 1. The molecule has 3 heteroatoms. The van der Waals surface area contributed by atoms with Crippen LogP contribution in [0.25, 0.3) is 0 Å². The van der Waals surface area contributed by atoms with Crippen LogP contribution in [0.4, 0.5) is 0 Å². The van der Waals surface area contributed by atoms with Crippen LogP contribution in [-0.2, 0) is 17.9 Å². The largest absolute Gasteiger partial charge is 0.372 e. The van der Waals surface area contributed by atoms with Gasteiger partial charge in [-0.1, -0.05) is 19.9 Å². The fraction of sp³-hybridized carbons (Fsp3) is 0.688. The van der Waals surface area contributed by atoms with Gasteiger partial charge in [-0.3, -0.25) is 4.98 Å². The van der Waals surface area contributed by atoms with Gasteiger partial charge in [0.1, 0.15) is 0 Å². The molecule has 0 saturated heterocycles. The second kappa shape index (κ2) is 6.49. The van der Waals surface area contributed by atoms with Gasteiger partial charge >= 0.3 is 0 Å². The van der Waals surface area contributed by atoms with Crippen LogP contribution in [0.3, 0.4) is 0 Å². The van der Waals surface area contributed by atoms with Crippen LogP contribution in [0, 0.1) is 5.41 Å². The number of nitrogens with one attached hydrogen (secondary N) is 1. The van der Waals surface area contributed by atoms with E-state index in [1.807, 2.05) is 19.2 Å². The van der Waals surface area contributed by atoms with E-state index < -0.39 is 0 Å². The molecule has 106 valence electrons. The molecule has 1 saturated carbocycles. The summed E-state index contributed by atoms with van der Waals surface area (Å²) in [5, 5.41) is 3.12. The van der Waals surface area contributed by atoms with Crippen LogP contribution in [-0.4, -0.2) is 18.1 Å². The summed E-state index contributed by atoms with van der Waals surface area (Å²) < 4.78 is 6.01. The standard InChI is InChI=1S/C16H26N2O/c1-16(2)9-7-15(8-10-16)19-12-14-6-4-5-13(18-14)11-17-3/h4-6,15,17H,7-12H2,1-3H3. The van der Waals surface area contributed by atoms with Crippen LogP contribution < -0.4 is 5.32 Å². The molecule has 2 rings (SSSR count). The van der Waals surface area contributed by atoms with Gasteiger partial charge in [-0.15, -0.1) is 0 Å². The zero-order chi connectivity index (χ0) is 13.7. The van der Waals surface area contributed by atoms with Gasteiger partial charge in [-0.05, 0) is 50.3 Å². The predicted octanol–water partition coefficient (Wildman–Crippen LogP) is 3.29. The summed E-state index contributed by atoms with van der Waals surface area (Å²) >= 11 is 0. The van der Waals surface area contributed by atoms with Crippen LogP contribution >= 0.6 is 0 Å². The molecule has 1 N–H and O–H groups in total. The summed E-state index contributed by atoms with van der Waals surface area (Å²) in [6.45, 7) is 6.16. The van der Waals surface area contributed by atoms with Gasteiger partial charge in [0.25, 0.3) is 0 Å². The highest BCUT2D eigenvalue weighted by Crippen LogP contribution is 2.36. The van der Waals surface area contributed by atoms with Crippen molar-refractivity contribution >= 4 is 0 Å². The van der Waals surface area contributed by atoms with Crippen LogP contribution in [0.15, 0.2) is 18.2 Å². The van der Waals surface area contributed by atoms with Crippen molar-refractivity contribution in [2.45, 2.75) is 58.8 Å². The lowest BCUT2D eigenvalue weighted by atomic mass is 9.76. The molecule has 0 aliphatic heterocycles. The molecule has 0 unspecified atom stereocenters. The van der Waals surface area contributed by atoms with Crippen molar-refractivity contribution < 1.29 is 4.74 Å². The van der Waals surface area contributed by atoms with Gasteiger partial charge in [0.2, 0.25) is 0 Å². The number of hydrogen-bond acceptors (Lipinski definition) is 3. The Hall–Kier alpha value is -0.930. The van der Waals surface area contributed by atoms with E-state index in [2.05, 4.69) is 30.2 Å². The Bertz CT molecular complexity index is 393. The Morgan fingerprint density at radius 2 is 1.95 bits per heavy atom. The van der Waals surface area contributed by atoms with Gasteiger partial charge in [0.15, 0.2) is 0 Å². The quantitative estimate of drug-likeness (QED) is 0.884. The second-order valence-electron chi connectivity index (χ2n) is 6.33. The number of hydrogen-bond donors (Lipinski definition) is 1. The zero-order valence-electron chi connectivity index (χ0n) is 12.4. The van der Waals surface area contributed by atoms with Crippen LogP contribution in [0.1, 0.15) is 50.9 Å². The third-order valence-electron chi connectivity index (χ3n) is 3.98. The van der Waals surface area contributed by atoms with Crippen molar-refractivity contribution in [3.8, 4) is 0 Å². The van der Waals surface area contributed by atoms with E-state index in [1.54, 1.807) is 0 Å². The Kier molecular flexibility index (Phi) is 4.94. The summed E-state index contributed by atoms with van der Waals surface area (Å²) in [5.41, 5.74) is 2.62. The minimum Gasteiger partial charge on any atom is -0.372 e. The lowest BCUT2D eigenvalue weighted by Gasteiger charge is -2.34. The summed E-state index contributed by atoms with van der Waals surface area (Å²) in [6.07, 6.45) is 5.32. The van der Waals surface area contributed by atoms with Crippen molar-refractivity contribution in [1.29, 1.82) is 0 Å². The summed E-state index contributed by atoms with van der Waals surface area (Å²) in [5.74, 6) is 0. The third kappa shape index (κ3) is 4.59. The number of rotatable bonds is 5. The molecule has 3 nitrogen and oxygen atoms in total. The van der Waals surface area contributed by atoms with Gasteiger partial charge in [-0.25, -0.2) is 0 Å². The van der Waals surface area contributed by atoms with Gasteiger partial charge < -0.3 is 10.1 Å². The fourth-order valence-electron chi connectivity index (χ4n) is 2.63. The van der Waals surface area contributed by atoms with E-state index in [4.69, 9.17) is 4.74 Å². The first-order valence-corrected chi connectivity index (χ1v) is 7.30. The van der Waals surface area contributed by atoms with Gasteiger partial charge in [-0.2, -0.15) is 0 Å². The zero-order valence-corrected chi connectivity index (χ0v) is 12.4. The second-order valence-corrected chi connectivity index (χ2v) is 6.33. The first-order valence-electron chi connectivity index (χ1n) is 7.30. The summed E-state index contributed by atoms with van der Waals surface area (Å²) in [7, 11) is 1.94. The average Bonchev–Trinajstić information content (AvgIpc) is 2.38. The van der Waals surface area contributed by atoms with Crippen molar-refractivity contribution in [3.63, 3.8) is 0 Å². The molecule has 0 bridgehead atoms. The smallest absolute Gasteiger partial charge is 0.0891 e. The first-order chi connectivity index (χ1) is 9.09. The topological polar surface area (TPSA) is 34.1 Å². The number of ether oxygens (including phenoxy) is 1. The molecule has 0 aromatic carbocycles. The summed E-state index contributed by atoms with van der Waals surface area (Å²) in [4.78, 5) is 4.59. The van der Waals surface area contributed by atoms with Crippen molar-refractivity contribution in [1.82, 2.24) is 10.3 Å². The Labute approximate surface area is 116 Å². The highest BCUT2D eigenvalue weighted by atomic mass is 16.5. The molecular weight excluding hydrogens is 236 g/mol. The minimum atomic E-state index is 0.419. The maximum Gasteiger partial charge on any atom is 0.0891 e. The molecular formula is C16H26N2O. The van der Waals surface area contributed by atoms with Gasteiger partial charge in [0.05, 0.1) is 24.1 Å². The Morgan fingerprint density at radius 1 is 1.26 bits per heavy atom. The van der Waals surface area contributed by atoms with Crippen LogP contribution in [0.5, 0.6) is 0 Å². The highest BCUT2D eigenvalue weighted by molar-refractivity contribution is 5.10. The average molecular weight is 262 g/mol. The normalized spacial score (nSPS) is 19.5. The van der Waals surface area contributed by atoms with Gasteiger partial charge in [0, 0.05) is 6.54 Å². The molecule has 0 amide bonds. The monoisotopic (exact) mass is 262 g/mol. The third-order valence-corrected chi connectivity index (χ3v) is 3.98. The minimum absolute atomic E-state index is 0.419. The SMILES string of the molecule is CNCc1cccc(COC2CCC(C)(C)CC2)n1. The van der Waals surface area contributed by atoms with E-state index in [-0.39, 0.29) is 0 Å². The van der Waals surface area contributed by atoms with E-state index in [1.165, 1.54) is 25.7 Å². The van der Waals surface area contributed by atoms with Crippen molar-refractivity contribution in [2.75, 3.05) is 7.05 Å². The Morgan fingerprint density at radius 3 is 2.63 bits per heavy atom. The molecule has 1 heterocycles. The van der Waals surface area contributed by atoms with Crippen molar-refractivity contribution in [3.05, 3.63) is 29.6 Å². The maximum atomic E-state index is 6.01. The molecule has 19 heavy (non-hydrogen) atoms. The fourth-order valence-corrected chi connectivity index (χ4v) is 2.63. The van der Waals surface area contributed by atoms with Crippen LogP contribution in [0.2, 0.25) is 0 Å². The molecule has 0 spiro atoms. The van der Waals surface area contributed by atoms with E-state index in [9.17, 15) is 0 Å². The molecule has 1 fully saturated rings. The molecule has 1 aliphatic rings. The predicted molar refractivity (Wildman–Crippen MR) is 77.8 cm³/mol. The summed E-state index contributed by atoms with van der Waals surface area (Å²) in [6, 6.07) is 6.15. The molecule has 1 aromatic rings. The number of nitrogens with zero attached hydrogens (tertiary/aromatic N) is 1. The molecule has 0 atom stereocenters. The molecule has 1 aliphatic carbocycles. The highest BCUT2D eigenvalue weighted by Gasteiger charge is 2.27. The molecule has 0 radical (unpaired) electrons. The van der Waals surface area contributed by atoms with E-state index >= 15 is 0 Å². The first kappa shape index (κ1) is 14.5. The Balaban J connectivity index is 1.81. The maximum absolute atomic E-state index is 6.01. The number of pyridine rings is 1. The molecule has 1 aromatic heterocycles. The lowest BCUT2D eigenvalue weighted by molar-refractivity contribution is -0.00693. The van der Waals surface area contributed by atoms with E-state index in [0.717, 1.165) is 17.9 Å². The van der Waals surface area contributed by atoms with Crippen molar-refractivity contribution in [2.24, 2.45) is 5.41 Å².